The van der Waals surface area contributed by atoms with Crippen LogP contribution in [0.1, 0.15) is 155 Å². The summed E-state index contributed by atoms with van der Waals surface area (Å²) < 4.78 is 32.7. The van der Waals surface area contributed by atoms with Gasteiger partial charge in [0, 0.05) is 19.4 Å². The predicted octanol–water partition coefficient (Wildman–Crippen LogP) is 10.9. The first-order valence-corrected chi connectivity index (χ1v) is 21.3. The Bertz CT molecular complexity index is 1020. The summed E-state index contributed by atoms with van der Waals surface area (Å²) in [7, 11) is -4.38. The average Bonchev–Trinajstić information content (AvgIpc) is 3.11. The summed E-state index contributed by atoms with van der Waals surface area (Å²) in [6.45, 7) is 3.53. The van der Waals surface area contributed by atoms with Crippen LogP contribution in [0, 0.1) is 0 Å². The number of phosphoric acid groups is 1. The number of nitrogens with two attached hydrogens (primary N) is 1. The van der Waals surface area contributed by atoms with Gasteiger partial charge in [-0.3, -0.25) is 18.6 Å². The van der Waals surface area contributed by atoms with Gasteiger partial charge in [-0.1, -0.05) is 126 Å². The fourth-order valence-electron chi connectivity index (χ4n) is 4.97. The van der Waals surface area contributed by atoms with Crippen molar-refractivity contribution in [2.75, 3.05) is 26.4 Å². The summed E-state index contributed by atoms with van der Waals surface area (Å²) in [6, 6.07) is 0. The number of ether oxygens (including phenoxy) is 2. The Balaban J connectivity index is 4.27. The molecule has 0 aromatic heterocycles. The summed E-state index contributed by atoms with van der Waals surface area (Å²) >= 11 is 0. The molecule has 0 radical (unpaired) electrons. The number of carbonyl (C=O) groups is 2. The third-order valence-corrected chi connectivity index (χ3v) is 8.87. The van der Waals surface area contributed by atoms with Gasteiger partial charge < -0.3 is 20.1 Å². The standard InChI is InChI=1S/C41H72NO8P/c1-3-5-7-9-11-13-15-17-19-21-23-25-27-29-31-33-40(43)47-37-39(38-49-51(45,46)48-36-35-42)50-41(44)34-32-30-28-26-24-22-20-18-16-14-12-10-8-6-4-2/h6,8,11-14,17-20,39H,3-5,7,9-10,15-16,21-38,42H2,1-2H3,(H,45,46). The van der Waals surface area contributed by atoms with Gasteiger partial charge in [-0.15, -0.1) is 0 Å². The van der Waals surface area contributed by atoms with Crippen molar-refractivity contribution in [2.24, 2.45) is 5.73 Å². The molecular formula is C41H72NO8P. The second-order valence-electron chi connectivity index (χ2n) is 12.8. The van der Waals surface area contributed by atoms with E-state index in [4.69, 9.17) is 24.3 Å². The van der Waals surface area contributed by atoms with Gasteiger partial charge in [0.2, 0.25) is 0 Å². The van der Waals surface area contributed by atoms with Crippen molar-refractivity contribution < 1.29 is 37.6 Å². The van der Waals surface area contributed by atoms with E-state index in [0.29, 0.717) is 12.8 Å². The number of hydrogen-bond donors (Lipinski definition) is 2. The Labute approximate surface area is 310 Å². The van der Waals surface area contributed by atoms with Crippen molar-refractivity contribution in [1.29, 1.82) is 0 Å². The predicted molar refractivity (Wildman–Crippen MR) is 210 cm³/mol. The van der Waals surface area contributed by atoms with Crippen molar-refractivity contribution >= 4 is 19.8 Å². The molecule has 9 nitrogen and oxygen atoms in total. The van der Waals surface area contributed by atoms with Crippen LogP contribution in [0.4, 0.5) is 0 Å². The lowest BCUT2D eigenvalue weighted by atomic mass is 10.1. The lowest BCUT2D eigenvalue weighted by Crippen LogP contribution is -2.29. The fraction of sp³-hybridized carbons (Fsp3) is 0.707. The van der Waals surface area contributed by atoms with Gasteiger partial charge in [0.1, 0.15) is 6.61 Å². The monoisotopic (exact) mass is 737 g/mol. The minimum Gasteiger partial charge on any atom is -0.462 e. The fourth-order valence-corrected chi connectivity index (χ4v) is 5.74. The van der Waals surface area contributed by atoms with Crippen molar-refractivity contribution in [3.8, 4) is 0 Å². The largest absolute Gasteiger partial charge is 0.472 e. The van der Waals surface area contributed by atoms with E-state index in [1.54, 1.807) is 0 Å². The topological polar surface area (TPSA) is 134 Å². The maximum atomic E-state index is 12.5. The van der Waals surface area contributed by atoms with Crippen LogP contribution >= 0.6 is 7.82 Å². The Morgan fingerprint density at radius 1 is 0.608 bits per heavy atom. The summed E-state index contributed by atoms with van der Waals surface area (Å²) in [4.78, 5) is 34.8. The number of rotatable bonds is 36. The van der Waals surface area contributed by atoms with E-state index in [1.165, 1.54) is 25.7 Å². The maximum Gasteiger partial charge on any atom is 0.472 e. The second kappa shape index (κ2) is 37.5. The third kappa shape index (κ3) is 37.3. The number of phosphoric ester groups is 1. The second-order valence-corrected chi connectivity index (χ2v) is 14.2. The van der Waals surface area contributed by atoms with Crippen molar-refractivity contribution in [1.82, 2.24) is 0 Å². The first-order valence-electron chi connectivity index (χ1n) is 19.8. The first kappa shape index (κ1) is 48.7. The van der Waals surface area contributed by atoms with Crippen LogP contribution in [0.3, 0.4) is 0 Å². The molecule has 10 heteroatoms. The highest BCUT2D eigenvalue weighted by molar-refractivity contribution is 7.47. The number of carbonyl (C=O) groups excluding carboxylic acids is 2. The number of esters is 2. The minimum absolute atomic E-state index is 0.0455. The minimum atomic E-state index is -4.38. The Morgan fingerprint density at radius 2 is 1.08 bits per heavy atom. The maximum absolute atomic E-state index is 12.5. The zero-order valence-electron chi connectivity index (χ0n) is 32.1. The summed E-state index contributed by atoms with van der Waals surface area (Å²) in [5, 5.41) is 0. The quantitative estimate of drug-likeness (QED) is 0.0279. The van der Waals surface area contributed by atoms with Crippen LogP contribution < -0.4 is 5.73 Å². The average molecular weight is 738 g/mol. The van der Waals surface area contributed by atoms with E-state index in [2.05, 4.69) is 74.6 Å². The molecule has 0 aromatic rings. The molecule has 2 atom stereocenters. The number of unbranched alkanes of at least 4 members (excludes halogenated alkanes) is 13. The summed E-state index contributed by atoms with van der Waals surface area (Å²) in [5.41, 5.74) is 5.33. The van der Waals surface area contributed by atoms with Gasteiger partial charge >= 0.3 is 19.8 Å². The van der Waals surface area contributed by atoms with Gasteiger partial charge in [0.05, 0.1) is 13.2 Å². The van der Waals surface area contributed by atoms with Crippen LogP contribution in [0.15, 0.2) is 60.8 Å². The molecule has 0 bridgehead atoms. The molecule has 0 aromatic carbocycles. The molecule has 0 rings (SSSR count). The highest BCUT2D eigenvalue weighted by atomic mass is 31.2. The van der Waals surface area contributed by atoms with Gasteiger partial charge in [-0.25, -0.2) is 4.57 Å². The molecule has 0 amide bonds. The lowest BCUT2D eigenvalue weighted by Gasteiger charge is -2.19. The molecule has 3 N–H and O–H groups in total. The zero-order valence-corrected chi connectivity index (χ0v) is 33.0. The van der Waals surface area contributed by atoms with E-state index in [9.17, 15) is 19.0 Å². The van der Waals surface area contributed by atoms with Crippen LogP contribution in [-0.2, 0) is 32.7 Å². The normalized spacial score (nSPS) is 14.0. The van der Waals surface area contributed by atoms with Crippen LogP contribution in [0.25, 0.3) is 0 Å². The molecule has 0 aliphatic rings. The molecule has 0 spiro atoms. The van der Waals surface area contributed by atoms with E-state index in [-0.39, 0.29) is 32.6 Å². The van der Waals surface area contributed by atoms with Gasteiger partial charge in [0.15, 0.2) is 6.10 Å². The Morgan fingerprint density at radius 3 is 1.61 bits per heavy atom. The van der Waals surface area contributed by atoms with Gasteiger partial charge in [0.25, 0.3) is 0 Å². The summed E-state index contributed by atoms with van der Waals surface area (Å²) in [6.07, 6.45) is 42.4. The smallest absolute Gasteiger partial charge is 0.462 e. The van der Waals surface area contributed by atoms with Crippen LogP contribution in [-0.4, -0.2) is 49.3 Å². The molecule has 0 fully saturated rings. The molecule has 0 aliphatic heterocycles. The Hall–Kier alpha value is -2.29. The van der Waals surface area contributed by atoms with E-state index in [0.717, 1.165) is 89.9 Å². The molecule has 0 aliphatic carbocycles. The van der Waals surface area contributed by atoms with E-state index in [1.807, 2.05) is 0 Å². The Kier molecular flexibility index (Phi) is 35.8. The van der Waals surface area contributed by atoms with Crippen molar-refractivity contribution in [2.45, 2.75) is 161 Å². The molecule has 0 saturated carbocycles. The van der Waals surface area contributed by atoms with Crippen molar-refractivity contribution in [3.63, 3.8) is 0 Å². The van der Waals surface area contributed by atoms with Crippen LogP contribution in [0.5, 0.6) is 0 Å². The number of hydrogen-bond acceptors (Lipinski definition) is 8. The highest BCUT2D eigenvalue weighted by Crippen LogP contribution is 2.43. The lowest BCUT2D eigenvalue weighted by molar-refractivity contribution is -0.161. The molecule has 0 saturated heterocycles. The van der Waals surface area contributed by atoms with Crippen LogP contribution in [0.2, 0.25) is 0 Å². The highest BCUT2D eigenvalue weighted by Gasteiger charge is 2.25. The van der Waals surface area contributed by atoms with Crippen molar-refractivity contribution in [3.05, 3.63) is 60.8 Å². The van der Waals surface area contributed by atoms with E-state index >= 15 is 0 Å². The van der Waals surface area contributed by atoms with E-state index < -0.39 is 32.5 Å². The third-order valence-electron chi connectivity index (χ3n) is 7.89. The molecule has 0 heterocycles. The first-order chi connectivity index (χ1) is 24.8. The molecular weight excluding hydrogens is 665 g/mol. The molecule has 51 heavy (non-hydrogen) atoms. The summed E-state index contributed by atoms with van der Waals surface area (Å²) in [5.74, 6) is -0.871. The van der Waals surface area contributed by atoms with Gasteiger partial charge in [-0.05, 0) is 77.0 Å². The molecule has 294 valence electrons. The number of allylic oxidation sites excluding steroid dienone is 10. The van der Waals surface area contributed by atoms with Gasteiger partial charge in [-0.2, -0.15) is 0 Å². The zero-order chi connectivity index (χ0) is 37.5. The SMILES string of the molecule is CCC=CCC=CCC=CCCCCCCCC(=O)OC(COC(=O)CCCCCCCC=CCC=CCCCCC)COP(=O)(O)OCCN. The molecule has 2 unspecified atom stereocenters.